The van der Waals surface area contributed by atoms with E-state index < -0.39 is 0 Å². The number of quaternary nitrogens is 1. The summed E-state index contributed by atoms with van der Waals surface area (Å²) in [5.41, 5.74) is 2.61. The van der Waals surface area contributed by atoms with Crippen molar-refractivity contribution in [2.75, 3.05) is 27.2 Å². The van der Waals surface area contributed by atoms with Crippen LogP contribution < -0.4 is 0 Å². The van der Waals surface area contributed by atoms with Gasteiger partial charge in [-0.2, -0.15) is 0 Å². The third-order valence-corrected chi connectivity index (χ3v) is 3.93. The first-order valence-corrected chi connectivity index (χ1v) is 5.82. The molecule has 2 heteroatoms. The summed E-state index contributed by atoms with van der Waals surface area (Å²) in [7, 11) is 4.33. The van der Waals surface area contributed by atoms with Crippen LogP contribution in [-0.2, 0) is 5.54 Å². The summed E-state index contributed by atoms with van der Waals surface area (Å²) >= 11 is 0. The number of benzene rings is 1. The average molecular weight is 222 g/mol. The predicted octanol–water partition coefficient (Wildman–Crippen LogP) is 2.30. The number of aliphatic hydroxyl groups is 1. The van der Waals surface area contributed by atoms with E-state index >= 15 is 0 Å². The molecular weight excluding hydrogens is 198 g/mol. The van der Waals surface area contributed by atoms with Crippen LogP contribution in [0.15, 0.2) is 24.3 Å². The van der Waals surface area contributed by atoms with Gasteiger partial charge in [-0.15, -0.1) is 0 Å². The van der Waals surface area contributed by atoms with Crippen LogP contribution in [0.5, 0.6) is 0 Å². The summed E-state index contributed by atoms with van der Waals surface area (Å²) in [5, 5.41) is 9.14. The van der Waals surface area contributed by atoms with Crippen molar-refractivity contribution in [2.45, 2.75) is 26.3 Å². The van der Waals surface area contributed by atoms with Crippen LogP contribution in [0, 0.1) is 6.92 Å². The fourth-order valence-electron chi connectivity index (χ4n) is 1.84. The Balaban J connectivity index is 3.05. The van der Waals surface area contributed by atoms with Crippen molar-refractivity contribution in [2.24, 2.45) is 0 Å². The van der Waals surface area contributed by atoms with Gasteiger partial charge in [0.1, 0.15) is 12.1 Å². The Morgan fingerprint density at radius 3 is 2.06 bits per heavy atom. The molecule has 0 unspecified atom stereocenters. The molecule has 1 N–H and O–H groups in total. The molecule has 0 aliphatic heterocycles. The van der Waals surface area contributed by atoms with Gasteiger partial charge < -0.3 is 9.59 Å². The molecule has 0 fully saturated rings. The molecule has 90 valence electrons. The largest absolute Gasteiger partial charge is 0.391 e. The standard InChI is InChI=1S/C14H24NO/c1-12-6-8-13(9-7-12)14(2,3)15(4,5)10-11-16/h6-9,16H,10-11H2,1-5H3/q+1. The third kappa shape index (κ3) is 2.45. The maximum absolute atomic E-state index is 9.14. The van der Waals surface area contributed by atoms with Crippen LogP contribution in [0.2, 0.25) is 0 Å². The van der Waals surface area contributed by atoms with Gasteiger partial charge in [-0.25, -0.2) is 0 Å². The lowest BCUT2D eigenvalue weighted by molar-refractivity contribution is -0.945. The fourth-order valence-corrected chi connectivity index (χ4v) is 1.84. The van der Waals surface area contributed by atoms with Crippen LogP contribution in [0.3, 0.4) is 0 Å². The second kappa shape index (κ2) is 4.56. The molecule has 0 amide bonds. The molecule has 1 rings (SSSR count). The highest BCUT2D eigenvalue weighted by molar-refractivity contribution is 5.25. The van der Waals surface area contributed by atoms with E-state index in [1.54, 1.807) is 0 Å². The Morgan fingerprint density at radius 1 is 1.12 bits per heavy atom. The first kappa shape index (κ1) is 13.2. The lowest BCUT2D eigenvalue weighted by Gasteiger charge is -2.44. The van der Waals surface area contributed by atoms with Gasteiger partial charge in [-0.1, -0.05) is 29.8 Å². The molecule has 0 saturated heterocycles. The summed E-state index contributed by atoms with van der Waals surface area (Å²) in [5.74, 6) is 0. The van der Waals surface area contributed by atoms with Gasteiger partial charge in [-0.3, -0.25) is 0 Å². The Hall–Kier alpha value is -0.860. The second-order valence-corrected chi connectivity index (χ2v) is 5.56. The quantitative estimate of drug-likeness (QED) is 0.775. The van der Waals surface area contributed by atoms with Crippen LogP contribution in [-0.4, -0.2) is 36.8 Å². The van der Waals surface area contributed by atoms with Crippen molar-refractivity contribution >= 4 is 0 Å². The highest BCUT2D eigenvalue weighted by Gasteiger charge is 2.37. The summed E-state index contributed by atoms with van der Waals surface area (Å²) in [6, 6.07) is 8.67. The summed E-state index contributed by atoms with van der Waals surface area (Å²) in [6.45, 7) is 7.55. The number of nitrogens with zero attached hydrogens (tertiary/aromatic N) is 1. The number of likely N-dealkylation sites (N-methyl/N-ethyl adjacent to an activating group) is 1. The number of hydrogen-bond donors (Lipinski definition) is 1. The van der Waals surface area contributed by atoms with Gasteiger partial charge in [0.2, 0.25) is 0 Å². The monoisotopic (exact) mass is 222 g/mol. The number of rotatable bonds is 4. The van der Waals surface area contributed by atoms with Gasteiger partial charge >= 0.3 is 0 Å². The van der Waals surface area contributed by atoms with E-state index in [1.807, 2.05) is 0 Å². The molecule has 0 aromatic heterocycles. The molecular formula is C14H24NO+. The van der Waals surface area contributed by atoms with Crippen molar-refractivity contribution in [3.8, 4) is 0 Å². The second-order valence-electron chi connectivity index (χ2n) is 5.56. The zero-order valence-corrected chi connectivity index (χ0v) is 11.1. The van der Waals surface area contributed by atoms with Crippen LogP contribution in [0.4, 0.5) is 0 Å². The highest BCUT2D eigenvalue weighted by atomic mass is 16.3. The van der Waals surface area contributed by atoms with Gasteiger partial charge in [0.05, 0.1) is 20.7 Å². The zero-order chi connectivity index (χ0) is 12.4. The van der Waals surface area contributed by atoms with Crippen molar-refractivity contribution in [1.29, 1.82) is 0 Å². The van der Waals surface area contributed by atoms with Gasteiger partial charge in [0.15, 0.2) is 0 Å². The summed E-state index contributed by atoms with van der Waals surface area (Å²) in [4.78, 5) is 0. The minimum Gasteiger partial charge on any atom is -0.391 e. The molecule has 1 aromatic carbocycles. The van der Waals surface area contributed by atoms with E-state index in [4.69, 9.17) is 5.11 Å². The topological polar surface area (TPSA) is 20.2 Å². The first-order valence-electron chi connectivity index (χ1n) is 5.82. The molecule has 0 heterocycles. The number of hydrogen-bond acceptors (Lipinski definition) is 1. The molecule has 2 nitrogen and oxygen atoms in total. The van der Waals surface area contributed by atoms with E-state index in [0.717, 1.165) is 11.0 Å². The minimum atomic E-state index is 0.0103. The smallest absolute Gasteiger partial charge is 0.119 e. The van der Waals surface area contributed by atoms with Crippen molar-refractivity contribution in [1.82, 2.24) is 0 Å². The van der Waals surface area contributed by atoms with Gasteiger partial charge in [0, 0.05) is 5.56 Å². The first-order chi connectivity index (χ1) is 7.31. The highest BCUT2D eigenvalue weighted by Crippen LogP contribution is 2.31. The lowest BCUT2D eigenvalue weighted by atomic mass is 9.90. The fraction of sp³-hybridized carbons (Fsp3) is 0.571. The Kier molecular flexibility index (Phi) is 3.76. The molecule has 0 radical (unpaired) electrons. The Labute approximate surface area is 99.1 Å². The number of aliphatic hydroxyl groups excluding tert-OH is 1. The molecule has 0 bridgehead atoms. The van der Waals surface area contributed by atoms with Crippen LogP contribution in [0.25, 0.3) is 0 Å². The number of aryl methyl sites for hydroxylation is 1. The summed E-state index contributed by atoms with van der Waals surface area (Å²) < 4.78 is 0.784. The maximum Gasteiger partial charge on any atom is 0.119 e. The molecule has 0 saturated carbocycles. The van der Waals surface area contributed by atoms with Gasteiger partial charge in [-0.05, 0) is 20.8 Å². The van der Waals surface area contributed by atoms with Crippen molar-refractivity contribution in [3.05, 3.63) is 35.4 Å². The van der Waals surface area contributed by atoms with Crippen molar-refractivity contribution < 1.29 is 9.59 Å². The Bertz CT molecular complexity index is 338. The molecule has 1 aromatic rings. The molecule has 0 atom stereocenters. The molecule has 0 aliphatic rings. The molecule has 0 aliphatic carbocycles. The third-order valence-electron chi connectivity index (χ3n) is 3.93. The van der Waals surface area contributed by atoms with E-state index in [2.05, 4.69) is 59.1 Å². The SMILES string of the molecule is Cc1ccc(C(C)(C)[N+](C)(C)CCO)cc1. The lowest BCUT2D eigenvalue weighted by Crippen LogP contribution is -2.55. The normalized spacial score (nSPS) is 12.9. The summed E-state index contributed by atoms with van der Waals surface area (Å²) in [6.07, 6.45) is 0. The molecule has 0 spiro atoms. The predicted molar refractivity (Wildman–Crippen MR) is 68.3 cm³/mol. The van der Waals surface area contributed by atoms with Crippen LogP contribution >= 0.6 is 0 Å². The Morgan fingerprint density at radius 2 is 1.62 bits per heavy atom. The minimum absolute atomic E-state index is 0.0103. The van der Waals surface area contributed by atoms with Crippen molar-refractivity contribution in [3.63, 3.8) is 0 Å². The zero-order valence-electron chi connectivity index (χ0n) is 11.1. The average Bonchev–Trinajstić information content (AvgIpc) is 2.18. The maximum atomic E-state index is 9.14. The molecule has 16 heavy (non-hydrogen) atoms. The van der Waals surface area contributed by atoms with E-state index in [9.17, 15) is 0 Å². The van der Waals surface area contributed by atoms with E-state index in [1.165, 1.54) is 11.1 Å². The van der Waals surface area contributed by atoms with Crippen LogP contribution in [0.1, 0.15) is 25.0 Å². The van der Waals surface area contributed by atoms with E-state index in [-0.39, 0.29) is 12.1 Å². The van der Waals surface area contributed by atoms with Gasteiger partial charge in [0.25, 0.3) is 0 Å². The van der Waals surface area contributed by atoms with E-state index in [0.29, 0.717) is 0 Å².